The van der Waals surface area contributed by atoms with Crippen LogP contribution in [0.15, 0.2) is 37.3 Å². The summed E-state index contributed by atoms with van der Waals surface area (Å²) in [6.45, 7) is 1.42. The zero-order valence-corrected chi connectivity index (χ0v) is 18.5. The van der Waals surface area contributed by atoms with Gasteiger partial charge >= 0.3 is 11.7 Å². The van der Waals surface area contributed by atoms with Gasteiger partial charge in [-0.05, 0) is 24.6 Å². The van der Waals surface area contributed by atoms with Crippen LogP contribution in [0.1, 0.15) is 12.5 Å². The number of hydrogen-bond donors (Lipinski definition) is 5. The van der Waals surface area contributed by atoms with Crippen molar-refractivity contribution in [2.24, 2.45) is 16.8 Å². The Hall–Kier alpha value is -3.25. The second kappa shape index (κ2) is 6.62. The summed E-state index contributed by atoms with van der Waals surface area (Å²) in [5.74, 6) is -3.18. The van der Waals surface area contributed by atoms with Crippen LogP contribution in [0.25, 0.3) is 0 Å². The number of aliphatic imine (C=N–C) groups is 1. The summed E-state index contributed by atoms with van der Waals surface area (Å²) >= 11 is 3.36. The molecule has 1 aromatic carbocycles. The number of aromatic amines is 2. The molecule has 1 saturated carbocycles. The van der Waals surface area contributed by atoms with Crippen LogP contribution in [0.5, 0.6) is 0 Å². The highest BCUT2D eigenvalue weighted by atomic mass is 79.9. The Morgan fingerprint density at radius 1 is 1.28 bits per heavy atom. The van der Waals surface area contributed by atoms with Gasteiger partial charge in [-0.3, -0.25) is 24.4 Å². The van der Waals surface area contributed by atoms with Crippen LogP contribution in [0.3, 0.4) is 0 Å². The number of ether oxygens (including phenoxy) is 1. The summed E-state index contributed by atoms with van der Waals surface area (Å²) in [5.41, 5.74) is -4.41. The van der Waals surface area contributed by atoms with Gasteiger partial charge in [0.25, 0.3) is 5.56 Å². The second-order valence-corrected chi connectivity index (χ2v) is 9.06. The van der Waals surface area contributed by atoms with Crippen LogP contribution in [-0.2, 0) is 19.7 Å². The Morgan fingerprint density at radius 3 is 2.75 bits per heavy atom. The van der Waals surface area contributed by atoms with Gasteiger partial charge in [0, 0.05) is 22.6 Å². The van der Waals surface area contributed by atoms with Gasteiger partial charge in [0.05, 0.1) is 18.7 Å². The van der Waals surface area contributed by atoms with Gasteiger partial charge in [-0.15, -0.1) is 0 Å². The quantitative estimate of drug-likeness (QED) is 0.350. The molecule has 1 spiro atoms. The molecule has 0 unspecified atom stereocenters. The largest absolute Gasteiger partial charge is 0.469 e. The predicted octanol–water partition coefficient (Wildman–Crippen LogP) is 0.384. The Kier molecular flexibility index (Phi) is 4.27. The van der Waals surface area contributed by atoms with Crippen LogP contribution in [-0.4, -0.2) is 51.9 Å². The molecule has 0 radical (unpaired) electrons. The fraction of sp³-hybridized carbons (Fsp3) is 0.350. The van der Waals surface area contributed by atoms with Gasteiger partial charge in [0.2, 0.25) is 5.91 Å². The maximum absolute atomic E-state index is 13.5. The number of anilines is 2. The van der Waals surface area contributed by atoms with Gasteiger partial charge in [0.15, 0.2) is 5.69 Å². The molecule has 1 fully saturated rings. The number of fused-ring (bicyclic) bond motifs is 4. The SMILES string of the molecule is COC(=O)[C@H]1[C@@H]2CNc3[nH]c(=O)[nH]c(=O)c3N=C2[C@@](C)(O)[C@@]12C(=O)Nc1cc(Br)ccc12. The van der Waals surface area contributed by atoms with E-state index < -0.39 is 46.0 Å². The average Bonchev–Trinajstić information content (AvgIpc) is 3.00. The fourth-order valence-corrected chi connectivity index (χ4v) is 5.71. The Labute approximate surface area is 188 Å². The number of rotatable bonds is 1. The molecule has 1 aromatic heterocycles. The van der Waals surface area contributed by atoms with E-state index in [-0.39, 0.29) is 23.8 Å². The molecule has 32 heavy (non-hydrogen) atoms. The Bertz CT molecular complexity index is 1340. The van der Waals surface area contributed by atoms with E-state index in [2.05, 4.69) is 41.5 Å². The summed E-state index contributed by atoms with van der Waals surface area (Å²) in [7, 11) is 1.20. The van der Waals surface area contributed by atoms with E-state index in [0.29, 0.717) is 15.7 Å². The standard InChI is InChI=1S/C20H18BrN5O6/c1-19(31)13-8(6-22-14-12(24-13)15(27)26-18(30)25-14)11(16(28)32-2)20(19)9-4-3-7(21)5-10(9)23-17(20)29/h3-5,8,11,31H,6H2,1-2H3,(H,23,29)(H3,22,25,26,27,30)/t8-,11+,19+,20+/m0/s1. The van der Waals surface area contributed by atoms with Gasteiger partial charge < -0.3 is 20.5 Å². The lowest BCUT2D eigenvalue weighted by Gasteiger charge is -2.37. The van der Waals surface area contributed by atoms with Gasteiger partial charge in [-0.1, -0.05) is 22.0 Å². The van der Waals surface area contributed by atoms with E-state index in [9.17, 15) is 24.3 Å². The van der Waals surface area contributed by atoms with E-state index in [1.807, 2.05) is 0 Å². The molecular formula is C20H18BrN5O6. The minimum atomic E-state index is -1.97. The molecule has 4 atom stereocenters. The number of methoxy groups -OCH3 is 1. The number of amides is 1. The molecule has 1 aliphatic carbocycles. The second-order valence-electron chi connectivity index (χ2n) is 8.14. The number of hydrogen-bond acceptors (Lipinski definition) is 8. The third-order valence-electron chi connectivity index (χ3n) is 6.60. The lowest BCUT2D eigenvalue weighted by atomic mass is 9.65. The summed E-state index contributed by atoms with van der Waals surface area (Å²) < 4.78 is 5.77. The van der Waals surface area contributed by atoms with Crippen molar-refractivity contribution in [1.29, 1.82) is 0 Å². The average molecular weight is 504 g/mol. The summed E-state index contributed by atoms with van der Waals surface area (Å²) in [4.78, 5) is 59.7. The van der Waals surface area contributed by atoms with E-state index in [4.69, 9.17) is 4.74 Å². The minimum absolute atomic E-state index is 0.0159. The highest BCUT2D eigenvalue weighted by Crippen LogP contribution is 2.59. The molecule has 0 saturated heterocycles. The zero-order valence-electron chi connectivity index (χ0n) is 16.9. The van der Waals surface area contributed by atoms with E-state index in [1.54, 1.807) is 18.2 Å². The van der Waals surface area contributed by atoms with Gasteiger partial charge in [-0.25, -0.2) is 9.79 Å². The van der Waals surface area contributed by atoms with Crippen molar-refractivity contribution in [2.75, 3.05) is 24.3 Å². The third-order valence-corrected chi connectivity index (χ3v) is 7.10. The third kappa shape index (κ3) is 2.41. The topological polar surface area (TPSA) is 166 Å². The maximum atomic E-state index is 13.5. The number of nitrogens with zero attached hydrogens (tertiary/aromatic N) is 1. The fourth-order valence-electron chi connectivity index (χ4n) is 5.35. The molecule has 5 N–H and O–H groups in total. The highest BCUT2D eigenvalue weighted by Gasteiger charge is 2.74. The first-order valence-electron chi connectivity index (χ1n) is 9.74. The minimum Gasteiger partial charge on any atom is -0.469 e. The van der Waals surface area contributed by atoms with Gasteiger partial charge in [0.1, 0.15) is 16.8 Å². The number of aliphatic hydroxyl groups is 1. The Balaban J connectivity index is 1.84. The molecule has 2 aromatic rings. The Morgan fingerprint density at radius 2 is 2.03 bits per heavy atom. The number of nitrogens with one attached hydrogen (secondary N) is 4. The van der Waals surface area contributed by atoms with Crippen molar-refractivity contribution in [3.8, 4) is 0 Å². The summed E-state index contributed by atoms with van der Waals surface area (Å²) in [5, 5.41) is 17.6. The maximum Gasteiger partial charge on any atom is 0.327 e. The number of carbonyl (C=O) groups is 2. The molecule has 3 heterocycles. The number of esters is 1. The molecule has 2 aliphatic heterocycles. The van der Waals surface area contributed by atoms with E-state index in [1.165, 1.54) is 14.0 Å². The van der Waals surface area contributed by atoms with Crippen molar-refractivity contribution in [1.82, 2.24) is 9.97 Å². The lowest BCUT2D eigenvalue weighted by Crippen LogP contribution is -2.57. The molecule has 1 amide bonds. The number of halogens is 1. The van der Waals surface area contributed by atoms with Crippen LogP contribution in [0, 0.1) is 11.8 Å². The number of carbonyl (C=O) groups excluding carboxylic acids is 2. The molecular weight excluding hydrogens is 486 g/mol. The van der Waals surface area contributed by atoms with Crippen LogP contribution >= 0.6 is 15.9 Å². The van der Waals surface area contributed by atoms with Crippen LogP contribution < -0.4 is 21.9 Å². The number of benzene rings is 1. The zero-order chi connectivity index (χ0) is 23.0. The molecule has 166 valence electrons. The summed E-state index contributed by atoms with van der Waals surface area (Å²) in [6.07, 6.45) is 0. The monoisotopic (exact) mass is 503 g/mol. The van der Waals surface area contributed by atoms with Crippen molar-refractivity contribution >= 4 is 50.7 Å². The number of aromatic nitrogens is 2. The van der Waals surface area contributed by atoms with E-state index >= 15 is 0 Å². The molecule has 12 heteroatoms. The van der Waals surface area contributed by atoms with Crippen molar-refractivity contribution in [2.45, 2.75) is 17.9 Å². The number of H-pyrrole nitrogens is 2. The summed E-state index contributed by atoms with van der Waals surface area (Å²) in [6, 6.07) is 5.06. The first-order chi connectivity index (χ1) is 15.1. The van der Waals surface area contributed by atoms with Crippen molar-refractivity contribution in [3.05, 3.63) is 49.1 Å². The molecule has 0 bridgehead atoms. The van der Waals surface area contributed by atoms with Crippen LogP contribution in [0.4, 0.5) is 17.2 Å². The first kappa shape index (κ1) is 20.6. The predicted molar refractivity (Wildman–Crippen MR) is 117 cm³/mol. The normalized spacial score (nSPS) is 29.9. The molecule has 3 aliphatic rings. The smallest absolute Gasteiger partial charge is 0.327 e. The highest BCUT2D eigenvalue weighted by molar-refractivity contribution is 9.10. The molecule has 5 rings (SSSR count). The van der Waals surface area contributed by atoms with Crippen molar-refractivity contribution in [3.63, 3.8) is 0 Å². The first-order valence-corrected chi connectivity index (χ1v) is 10.5. The van der Waals surface area contributed by atoms with Crippen LogP contribution in [0.2, 0.25) is 0 Å². The van der Waals surface area contributed by atoms with E-state index in [0.717, 1.165) is 0 Å². The van der Waals surface area contributed by atoms with Crippen molar-refractivity contribution < 1.29 is 19.4 Å². The van der Waals surface area contributed by atoms with Gasteiger partial charge in [-0.2, -0.15) is 0 Å². The molecule has 11 nitrogen and oxygen atoms in total. The lowest BCUT2D eigenvalue weighted by molar-refractivity contribution is -0.154.